The van der Waals surface area contributed by atoms with Gasteiger partial charge in [0.25, 0.3) is 0 Å². The summed E-state index contributed by atoms with van der Waals surface area (Å²) in [5, 5.41) is 0. The summed E-state index contributed by atoms with van der Waals surface area (Å²) in [7, 11) is 1.18. The molecule has 0 amide bonds. The standard InChI is InChI=1S/C17H14N2O6/c1-8(20)24-7-9-4-3-5-11-15(9)19-16-12(25-11)6-10(21)14(18)13(16)17(22)23-2/h3-6H,7,18H2,1-2H3. The van der Waals surface area contributed by atoms with Crippen LogP contribution in [0.1, 0.15) is 22.8 Å². The number of anilines is 1. The lowest BCUT2D eigenvalue weighted by Crippen LogP contribution is -2.18. The van der Waals surface area contributed by atoms with Crippen LogP contribution >= 0.6 is 0 Å². The van der Waals surface area contributed by atoms with Crippen LogP contribution < -0.4 is 11.2 Å². The van der Waals surface area contributed by atoms with Crippen LogP contribution in [0.2, 0.25) is 0 Å². The molecule has 1 aromatic rings. The molecule has 2 N–H and O–H groups in total. The highest BCUT2D eigenvalue weighted by atomic mass is 16.5. The van der Waals surface area contributed by atoms with Crippen molar-refractivity contribution < 1.29 is 23.5 Å². The number of hydrogen-bond acceptors (Lipinski definition) is 8. The average Bonchev–Trinajstić information content (AvgIpc) is 2.59. The molecule has 0 spiro atoms. The van der Waals surface area contributed by atoms with Gasteiger partial charge in [-0.1, -0.05) is 12.1 Å². The fourth-order valence-electron chi connectivity index (χ4n) is 2.44. The molecule has 0 bridgehead atoms. The summed E-state index contributed by atoms with van der Waals surface area (Å²) in [5.41, 5.74) is 6.21. The monoisotopic (exact) mass is 342 g/mol. The summed E-state index contributed by atoms with van der Waals surface area (Å²) in [6.07, 6.45) is 0. The van der Waals surface area contributed by atoms with Gasteiger partial charge in [-0.2, -0.15) is 0 Å². The molecule has 0 saturated heterocycles. The topological polar surface area (TPSA) is 122 Å². The molecule has 1 aliphatic heterocycles. The van der Waals surface area contributed by atoms with Crippen LogP contribution in [0.15, 0.2) is 33.5 Å². The Bertz CT molecular complexity index is 1020. The van der Waals surface area contributed by atoms with Crippen LogP contribution in [-0.4, -0.2) is 24.0 Å². The van der Waals surface area contributed by atoms with Crippen LogP contribution in [0.5, 0.6) is 0 Å². The van der Waals surface area contributed by atoms with Gasteiger partial charge in [-0.05, 0) is 6.07 Å². The number of para-hydroxylation sites is 1. The molecule has 0 radical (unpaired) electrons. The van der Waals surface area contributed by atoms with E-state index >= 15 is 0 Å². The van der Waals surface area contributed by atoms with E-state index in [4.69, 9.17) is 19.6 Å². The van der Waals surface area contributed by atoms with Crippen molar-refractivity contribution in [2.24, 2.45) is 0 Å². The highest BCUT2D eigenvalue weighted by Gasteiger charge is 2.25. The van der Waals surface area contributed by atoms with Gasteiger partial charge in [-0.3, -0.25) is 9.59 Å². The molecule has 8 heteroatoms. The maximum Gasteiger partial charge on any atom is 0.342 e. The van der Waals surface area contributed by atoms with Gasteiger partial charge < -0.3 is 19.6 Å². The molecular formula is C17H14N2O6. The molecule has 1 heterocycles. The van der Waals surface area contributed by atoms with Crippen LogP contribution in [0, 0.1) is 0 Å². The van der Waals surface area contributed by atoms with Crippen molar-refractivity contribution in [1.82, 2.24) is 4.98 Å². The predicted molar refractivity (Wildman–Crippen MR) is 88.1 cm³/mol. The summed E-state index contributed by atoms with van der Waals surface area (Å²) in [6, 6.07) is 6.23. The van der Waals surface area contributed by atoms with Crippen molar-refractivity contribution >= 4 is 28.7 Å². The number of benzene rings is 2. The van der Waals surface area contributed by atoms with Crippen molar-refractivity contribution in [3.05, 3.63) is 45.6 Å². The Morgan fingerprint density at radius 2 is 2.08 bits per heavy atom. The zero-order valence-corrected chi connectivity index (χ0v) is 13.5. The Hall–Kier alpha value is -3.42. The Morgan fingerprint density at radius 3 is 2.76 bits per heavy atom. The van der Waals surface area contributed by atoms with E-state index < -0.39 is 17.4 Å². The zero-order valence-electron chi connectivity index (χ0n) is 13.5. The first kappa shape index (κ1) is 16.4. The second-order valence-corrected chi connectivity index (χ2v) is 5.26. The Morgan fingerprint density at radius 1 is 1.32 bits per heavy atom. The second kappa shape index (κ2) is 6.23. The number of fused-ring (bicyclic) bond motifs is 2. The summed E-state index contributed by atoms with van der Waals surface area (Å²) < 4.78 is 15.4. The van der Waals surface area contributed by atoms with Crippen molar-refractivity contribution in [1.29, 1.82) is 0 Å². The largest absolute Gasteiger partial charge is 0.465 e. The summed E-state index contributed by atoms with van der Waals surface area (Å²) in [6.45, 7) is 1.29. The number of carbonyl (C=O) groups excluding carboxylic acids is 2. The van der Waals surface area contributed by atoms with Gasteiger partial charge >= 0.3 is 11.9 Å². The number of esters is 2. The van der Waals surface area contributed by atoms with E-state index in [2.05, 4.69) is 4.98 Å². The van der Waals surface area contributed by atoms with E-state index in [0.717, 1.165) is 0 Å². The van der Waals surface area contributed by atoms with Gasteiger partial charge in [0.1, 0.15) is 23.4 Å². The Balaban J connectivity index is 2.33. The van der Waals surface area contributed by atoms with Crippen molar-refractivity contribution in [2.45, 2.75) is 13.5 Å². The maximum atomic E-state index is 12.0. The minimum Gasteiger partial charge on any atom is -0.465 e. The van der Waals surface area contributed by atoms with Crippen LogP contribution in [0.3, 0.4) is 0 Å². The number of nitrogens with zero attached hydrogens (tertiary/aromatic N) is 1. The number of nitrogen functional groups attached to an aromatic ring is 1. The normalized spacial score (nSPS) is 10.8. The molecule has 128 valence electrons. The number of rotatable bonds is 3. The average molecular weight is 342 g/mol. The number of nitrogens with two attached hydrogens (primary N) is 1. The van der Waals surface area contributed by atoms with E-state index in [1.54, 1.807) is 18.2 Å². The van der Waals surface area contributed by atoms with Gasteiger partial charge in [0.2, 0.25) is 5.43 Å². The third kappa shape index (κ3) is 2.89. The SMILES string of the molecule is COC(=O)c1c2nc3c(COC(C)=O)cccc3oc-2cc(=O)c1N. The summed E-state index contributed by atoms with van der Waals surface area (Å²) >= 11 is 0. The minimum atomic E-state index is -0.792. The molecule has 2 aliphatic rings. The molecule has 1 aliphatic carbocycles. The van der Waals surface area contributed by atoms with E-state index in [1.807, 2.05) is 0 Å². The number of carbonyl (C=O) groups is 2. The first-order valence-corrected chi connectivity index (χ1v) is 7.29. The lowest BCUT2D eigenvalue weighted by atomic mass is 10.1. The smallest absolute Gasteiger partial charge is 0.342 e. The number of aromatic nitrogens is 1. The van der Waals surface area contributed by atoms with Gasteiger partial charge in [0.05, 0.1) is 12.8 Å². The van der Waals surface area contributed by atoms with Crippen LogP contribution in [0.4, 0.5) is 5.69 Å². The molecule has 25 heavy (non-hydrogen) atoms. The third-order valence-electron chi connectivity index (χ3n) is 3.61. The molecule has 3 rings (SSSR count). The van der Waals surface area contributed by atoms with Crippen molar-refractivity contribution in [2.75, 3.05) is 12.8 Å². The second-order valence-electron chi connectivity index (χ2n) is 5.26. The van der Waals surface area contributed by atoms with E-state index in [-0.39, 0.29) is 29.3 Å². The first-order valence-electron chi connectivity index (χ1n) is 7.29. The maximum absolute atomic E-state index is 12.0. The Labute approximate surface area is 141 Å². The molecule has 0 aromatic heterocycles. The lowest BCUT2D eigenvalue weighted by Gasteiger charge is -2.13. The molecule has 8 nitrogen and oxygen atoms in total. The molecular weight excluding hydrogens is 328 g/mol. The van der Waals surface area contributed by atoms with Crippen LogP contribution in [0.25, 0.3) is 22.6 Å². The molecule has 0 fully saturated rings. The summed E-state index contributed by atoms with van der Waals surface area (Å²) in [4.78, 5) is 39.5. The molecule has 1 aromatic carbocycles. The number of methoxy groups -OCH3 is 1. The van der Waals surface area contributed by atoms with E-state index in [1.165, 1.54) is 20.1 Å². The third-order valence-corrected chi connectivity index (χ3v) is 3.61. The quantitative estimate of drug-likeness (QED) is 0.434. The zero-order chi connectivity index (χ0) is 18.1. The van der Waals surface area contributed by atoms with E-state index in [0.29, 0.717) is 16.7 Å². The highest BCUT2D eigenvalue weighted by molar-refractivity contribution is 6.02. The fraction of sp³-hybridized carbons (Fsp3) is 0.176. The van der Waals surface area contributed by atoms with Crippen LogP contribution in [-0.2, 0) is 20.9 Å². The fourth-order valence-corrected chi connectivity index (χ4v) is 2.44. The van der Waals surface area contributed by atoms with Crippen molar-refractivity contribution in [3.63, 3.8) is 0 Å². The molecule has 0 saturated carbocycles. The number of hydrogen-bond donors (Lipinski definition) is 1. The molecule has 0 atom stereocenters. The number of ether oxygens (including phenoxy) is 2. The van der Waals surface area contributed by atoms with Crippen molar-refractivity contribution in [3.8, 4) is 11.5 Å². The first-order chi connectivity index (χ1) is 11.9. The van der Waals surface area contributed by atoms with Gasteiger partial charge in [-0.15, -0.1) is 0 Å². The van der Waals surface area contributed by atoms with Gasteiger partial charge in [-0.25, -0.2) is 9.78 Å². The summed E-state index contributed by atoms with van der Waals surface area (Å²) in [5.74, 6) is -1.12. The van der Waals surface area contributed by atoms with Gasteiger partial charge in [0, 0.05) is 18.6 Å². The van der Waals surface area contributed by atoms with E-state index in [9.17, 15) is 14.4 Å². The molecule has 0 unspecified atom stereocenters. The Kier molecular flexibility index (Phi) is 4.10. The highest BCUT2D eigenvalue weighted by Crippen LogP contribution is 2.31. The predicted octanol–water partition coefficient (Wildman–Crippen LogP) is 1.72. The minimum absolute atomic E-state index is 0.0105. The van der Waals surface area contributed by atoms with Gasteiger partial charge in [0.15, 0.2) is 11.3 Å². The lowest BCUT2D eigenvalue weighted by molar-refractivity contribution is -0.142.